The van der Waals surface area contributed by atoms with Crippen LogP contribution in [0.5, 0.6) is 5.75 Å². The van der Waals surface area contributed by atoms with Crippen LogP contribution in [0.2, 0.25) is 0 Å². The number of aliphatic hydroxyl groups is 1. The minimum Gasteiger partial charge on any atom is -0.492 e. The van der Waals surface area contributed by atoms with Crippen molar-refractivity contribution in [2.24, 2.45) is 0 Å². The third kappa shape index (κ3) is 2.87. The summed E-state index contributed by atoms with van der Waals surface area (Å²) in [6.45, 7) is 4.75. The molecule has 0 atom stereocenters. The minimum absolute atomic E-state index is 0.446. The molecule has 1 aliphatic heterocycles. The van der Waals surface area contributed by atoms with Gasteiger partial charge in [-0.2, -0.15) is 0 Å². The number of hydrogen-bond donors (Lipinski definition) is 1. The molecule has 0 aliphatic carbocycles. The van der Waals surface area contributed by atoms with Gasteiger partial charge in [0.2, 0.25) is 5.79 Å². The molecule has 1 fully saturated rings. The Hall–Kier alpha value is -0.810. The van der Waals surface area contributed by atoms with E-state index >= 15 is 0 Å². The molecule has 0 aromatic heterocycles. The summed E-state index contributed by atoms with van der Waals surface area (Å²) >= 11 is 5.57. The van der Waals surface area contributed by atoms with E-state index in [2.05, 4.69) is 0 Å². The second-order valence-electron chi connectivity index (χ2n) is 4.93. The predicted octanol–water partition coefficient (Wildman–Crippen LogP) is 2.27. The zero-order chi connectivity index (χ0) is 13.9. The Morgan fingerprint density at radius 3 is 2.32 bits per heavy atom. The maximum absolute atomic E-state index is 10.3. The van der Waals surface area contributed by atoms with Crippen LogP contribution in [0.3, 0.4) is 0 Å². The van der Waals surface area contributed by atoms with Crippen molar-refractivity contribution in [3.8, 4) is 5.75 Å². The number of benzene rings is 1. The lowest BCUT2D eigenvalue weighted by molar-refractivity contribution is -0.266. The summed E-state index contributed by atoms with van der Waals surface area (Å²) in [7, 11) is 0. The van der Waals surface area contributed by atoms with Crippen LogP contribution in [0.1, 0.15) is 19.4 Å². The summed E-state index contributed by atoms with van der Waals surface area (Å²) in [5.41, 5.74) is -0.363. The van der Waals surface area contributed by atoms with Crippen LogP contribution >= 0.6 is 11.6 Å². The molecule has 1 saturated heterocycles. The molecule has 1 aromatic rings. The maximum Gasteiger partial charge on any atom is 0.224 e. The molecule has 19 heavy (non-hydrogen) atoms. The van der Waals surface area contributed by atoms with Gasteiger partial charge in [0.15, 0.2) is 0 Å². The van der Waals surface area contributed by atoms with Crippen molar-refractivity contribution in [1.29, 1.82) is 0 Å². The van der Waals surface area contributed by atoms with E-state index in [9.17, 15) is 5.11 Å². The molecule has 2 rings (SSSR count). The summed E-state index contributed by atoms with van der Waals surface area (Å²) < 4.78 is 16.8. The molecule has 1 N–H and O–H groups in total. The van der Waals surface area contributed by atoms with Crippen LogP contribution in [0.15, 0.2) is 24.3 Å². The third-order valence-corrected chi connectivity index (χ3v) is 3.23. The van der Waals surface area contributed by atoms with Crippen molar-refractivity contribution >= 4 is 11.6 Å². The monoisotopic (exact) mass is 286 g/mol. The highest BCUT2D eigenvalue weighted by Gasteiger charge is 2.51. The van der Waals surface area contributed by atoms with Gasteiger partial charge in [0.1, 0.15) is 18.0 Å². The van der Waals surface area contributed by atoms with Crippen LogP contribution in [0, 0.1) is 0 Å². The number of ether oxygens (including phenoxy) is 3. The third-order valence-electron chi connectivity index (χ3n) is 3.08. The molecule has 0 spiro atoms. The molecule has 0 bridgehead atoms. The number of halogens is 1. The Morgan fingerprint density at radius 1 is 1.26 bits per heavy atom. The SMILES string of the molecule is CC(C)(O)C1(c2ccc(OCCCl)cc2)OCCO1. The van der Waals surface area contributed by atoms with Gasteiger partial charge in [-0.3, -0.25) is 0 Å². The van der Waals surface area contributed by atoms with E-state index in [1.165, 1.54) is 0 Å². The second kappa shape index (κ2) is 5.67. The topological polar surface area (TPSA) is 47.9 Å². The Balaban J connectivity index is 2.24. The van der Waals surface area contributed by atoms with E-state index in [4.69, 9.17) is 25.8 Å². The molecule has 5 heteroatoms. The van der Waals surface area contributed by atoms with Gasteiger partial charge in [0.25, 0.3) is 0 Å². The lowest BCUT2D eigenvalue weighted by Gasteiger charge is -2.38. The molecular weight excluding hydrogens is 268 g/mol. The van der Waals surface area contributed by atoms with E-state index in [0.29, 0.717) is 25.7 Å². The predicted molar refractivity (Wildman–Crippen MR) is 72.5 cm³/mol. The standard InChI is InChI=1S/C14H19ClO4/c1-13(2,16)14(18-9-10-19-14)11-3-5-12(6-4-11)17-8-7-15/h3-6,16H,7-10H2,1-2H3. The Kier molecular flexibility index (Phi) is 4.36. The van der Waals surface area contributed by atoms with Crippen LogP contribution < -0.4 is 4.74 Å². The largest absolute Gasteiger partial charge is 0.492 e. The molecule has 1 aliphatic rings. The van der Waals surface area contributed by atoms with Crippen molar-refractivity contribution in [2.75, 3.05) is 25.7 Å². The molecule has 0 unspecified atom stereocenters. The van der Waals surface area contributed by atoms with Crippen molar-refractivity contribution in [1.82, 2.24) is 0 Å². The van der Waals surface area contributed by atoms with Crippen LogP contribution in [-0.4, -0.2) is 36.4 Å². The van der Waals surface area contributed by atoms with Crippen molar-refractivity contribution in [3.05, 3.63) is 29.8 Å². The number of hydrogen-bond acceptors (Lipinski definition) is 4. The van der Waals surface area contributed by atoms with Crippen LogP contribution in [0.4, 0.5) is 0 Å². The van der Waals surface area contributed by atoms with Gasteiger partial charge in [-0.1, -0.05) is 0 Å². The first-order valence-electron chi connectivity index (χ1n) is 6.29. The molecule has 4 nitrogen and oxygen atoms in total. The summed E-state index contributed by atoms with van der Waals surface area (Å²) in [5.74, 6) is 0.0628. The van der Waals surface area contributed by atoms with Crippen LogP contribution in [-0.2, 0) is 15.3 Å². The smallest absolute Gasteiger partial charge is 0.224 e. The van der Waals surface area contributed by atoms with E-state index in [-0.39, 0.29) is 0 Å². The van der Waals surface area contributed by atoms with Crippen LogP contribution in [0.25, 0.3) is 0 Å². The van der Waals surface area contributed by atoms with Gasteiger partial charge in [0.05, 0.1) is 19.1 Å². The average Bonchev–Trinajstić information content (AvgIpc) is 2.87. The molecule has 106 valence electrons. The first-order chi connectivity index (χ1) is 8.99. The lowest BCUT2D eigenvalue weighted by atomic mass is 9.90. The Labute approximate surface area is 118 Å². The van der Waals surface area contributed by atoms with Gasteiger partial charge in [-0.25, -0.2) is 0 Å². The Bertz CT molecular complexity index is 404. The fourth-order valence-corrected chi connectivity index (χ4v) is 2.29. The first-order valence-corrected chi connectivity index (χ1v) is 6.83. The van der Waals surface area contributed by atoms with Gasteiger partial charge in [-0.05, 0) is 38.1 Å². The van der Waals surface area contributed by atoms with Gasteiger partial charge in [-0.15, -0.1) is 11.6 Å². The first kappa shape index (κ1) is 14.6. The molecule has 0 amide bonds. The van der Waals surface area contributed by atoms with Crippen molar-refractivity contribution in [2.45, 2.75) is 25.2 Å². The highest BCUT2D eigenvalue weighted by molar-refractivity contribution is 6.17. The van der Waals surface area contributed by atoms with Crippen molar-refractivity contribution in [3.63, 3.8) is 0 Å². The normalized spacial score (nSPS) is 18.5. The minimum atomic E-state index is -1.14. The second-order valence-corrected chi connectivity index (χ2v) is 5.31. The zero-order valence-corrected chi connectivity index (χ0v) is 11.9. The number of rotatable bonds is 5. The van der Waals surface area contributed by atoms with Crippen molar-refractivity contribution < 1.29 is 19.3 Å². The van der Waals surface area contributed by atoms with Gasteiger partial charge < -0.3 is 19.3 Å². The Morgan fingerprint density at radius 2 is 1.84 bits per heavy atom. The summed E-state index contributed by atoms with van der Waals surface area (Å²) in [6, 6.07) is 7.32. The molecular formula is C14H19ClO4. The van der Waals surface area contributed by atoms with Gasteiger partial charge in [0, 0.05) is 5.56 Å². The fraction of sp³-hybridized carbons (Fsp3) is 0.571. The van der Waals surface area contributed by atoms with Gasteiger partial charge >= 0.3 is 0 Å². The molecule has 0 radical (unpaired) electrons. The highest BCUT2D eigenvalue weighted by Crippen LogP contribution is 2.41. The van der Waals surface area contributed by atoms with E-state index in [1.54, 1.807) is 13.8 Å². The zero-order valence-electron chi connectivity index (χ0n) is 11.2. The number of alkyl halides is 1. The molecule has 1 heterocycles. The fourth-order valence-electron chi connectivity index (χ4n) is 2.21. The van der Waals surface area contributed by atoms with E-state index in [1.807, 2.05) is 24.3 Å². The maximum atomic E-state index is 10.3. The van der Waals surface area contributed by atoms with E-state index < -0.39 is 11.4 Å². The summed E-state index contributed by atoms with van der Waals surface area (Å²) in [6.07, 6.45) is 0. The summed E-state index contributed by atoms with van der Waals surface area (Å²) in [4.78, 5) is 0. The highest BCUT2D eigenvalue weighted by atomic mass is 35.5. The quantitative estimate of drug-likeness (QED) is 0.844. The average molecular weight is 287 g/mol. The molecule has 1 aromatic carbocycles. The summed E-state index contributed by atoms with van der Waals surface area (Å²) in [5, 5.41) is 10.3. The van der Waals surface area contributed by atoms with E-state index in [0.717, 1.165) is 11.3 Å². The molecule has 0 saturated carbocycles. The lowest BCUT2D eigenvalue weighted by Crippen LogP contribution is -2.48.